The van der Waals surface area contributed by atoms with Gasteiger partial charge in [0, 0.05) is 23.1 Å². The molecule has 1 aliphatic rings. The van der Waals surface area contributed by atoms with Crippen molar-refractivity contribution in [3.05, 3.63) is 113 Å². The number of hydrogen-bond donors (Lipinski definition) is 0. The van der Waals surface area contributed by atoms with Gasteiger partial charge in [0.1, 0.15) is 23.4 Å². The lowest BCUT2D eigenvalue weighted by molar-refractivity contribution is 0.170. The van der Waals surface area contributed by atoms with Crippen molar-refractivity contribution >= 4 is 0 Å². The van der Waals surface area contributed by atoms with Crippen molar-refractivity contribution in [3.8, 4) is 28.7 Å². The maximum absolute atomic E-state index is 6.91. The van der Waals surface area contributed by atoms with Crippen molar-refractivity contribution in [1.82, 2.24) is 0 Å². The zero-order valence-electron chi connectivity index (χ0n) is 23.1. The molecule has 0 fully saturated rings. The van der Waals surface area contributed by atoms with E-state index in [-0.39, 0.29) is 12.0 Å². The van der Waals surface area contributed by atoms with Crippen LogP contribution in [0.4, 0.5) is 0 Å². The summed E-state index contributed by atoms with van der Waals surface area (Å²) >= 11 is 0. The fourth-order valence-electron chi connectivity index (χ4n) is 5.61. The number of methoxy groups -OCH3 is 4. The molecule has 202 valence electrons. The Kier molecular flexibility index (Phi) is 8.26. The molecule has 1 aliphatic heterocycles. The van der Waals surface area contributed by atoms with Gasteiger partial charge in [-0.1, -0.05) is 66.7 Å². The molecule has 0 saturated carbocycles. The highest BCUT2D eigenvalue weighted by Crippen LogP contribution is 2.51. The van der Waals surface area contributed by atoms with Crippen LogP contribution in [0.5, 0.6) is 28.7 Å². The Morgan fingerprint density at radius 3 is 2.05 bits per heavy atom. The van der Waals surface area contributed by atoms with Crippen LogP contribution in [0.15, 0.2) is 84.9 Å². The van der Waals surface area contributed by atoms with Crippen LogP contribution in [-0.2, 0) is 12.8 Å². The van der Waals surface area contributed by atoms with E-state index in [1.54, 1.807) is 28.4 Å². The topological polar surface area (TPSA) is 46.2 Å². The largest absolute Gasteiger partial charge is 0.496 e. The molecular formula is C34H36O5. The fraction of sp³-hybridized carbons (Fsp3) is 0.294. The lowest BCUT2D eigenvalue weighted by atomic mass is 9.82. The van der Waals surface area contributed by atoms with Gasteiger partial charge >= 0.3 is 0 Å². The molecule has 39 heavy (non-hydrogen) atoms. The second kappa shape index (κ2) is 12.2. The van der Waals surface area contributed by atoms with E-state index >= 15 is 0 Å². The number of benzene rings is 4. The van der Waals surface area contributed by atoms with E-state index in [0.717, 1.165) is 59.6 Å². The van der Waals surface area contributed by atoms with Gasteiger partial charge in [-0.3, -0.25) is 0 Å². The molecule has 0 amide bonds. The average Bonchev–Trinajstić information content (AvgIpc) is 3.01. The number of hydrogen-bond acceptors (Lipinski definition) is 5. The summed E-state index contributed by atoms with van der Waals surface area (Å²) in [6, 6.07) is 29.3. The lowest BCUT2D eigenvalue weighted by Gasteiger charge is -2.33. The average molecular weight is 525 g/mol. The Morgan fingerprint density at radius 2 is 1.38 bits per heavy atom. The minimum atomic E-state index is -0.140. The SMILES string of the molecule is COc1ccc([C@@H]2CCc3c(OC)cc(OC)c([C@H](CCc4ccccc4)c4ccccc4)c3O2)cc1OC. The predicted molar refractivity (Wildman–Crippen MR) is 154 cm³/mol. The Morgan fingerprint density at radius 1 is 0.718 bits per heavy atom. The van der Waals surface area contributed by atoms with Gasteiger partial charge in [-0.05, 0) is 54.5 Å². The Bertz CT molecular complexity index is 1380. The van der Waals surface area contributed by atoms with Crippen LogP contribution >= 0.6 is 0 Å². The van der Waals surface area contributed by atoms with Crippen molar-refractivity contribution in [1.29, 1.82) is 0 Å². The molecule has 0 aliphatic carbocycles. The summed E-state index contributed by atoms with van der Waals surface area (Å²) in [6.07, 6.45) is 3.36. The second-order valence-electron chi connectivity index (χ2n) is 9.75. The molecule has 5 rings (SSSR count). The minimum Gasteiger partial charge on any atom is -0.496 e. The summed E-state index contributed by atoms with van der Waals surface area (Å²) in [4.78, 5) is 0. The number of rotatable bonds is 10. The predicted octanol–water partition coefficient (Wildman–Crippen LogP) is 7.55. The van der Waals surface area contributed by atoms with E-state index in [1.165, 1.54) is 11.1 Å². The number of fused-ring (bicyclic) bond motifs is 1. The molecule has 2 atom stereocenters. The van der Waals surface area contributed by atoms with E-state index < -0.39 is 0 Å². The van der Waals surface area contributed by atoms with E-state index in [0.29, 0.717) is 11.5 Å². The van der Waals surface area contributed by atoms with Gasteiger partial charge in [0.25, 0.3) is 0 Å². The molecule has 0 saturated heterocycles. The molecular weight excluding hydrogens is 488 g/mol. The zero-order chi connectivity index (χ0) is 27.2. The first-order valence-corrected chi connectivity index (χ1v) is 13.4. The first kappa shape index (κ1) is 26.5. The summed E-state index contributed by atoms with van der Waals surface area (Å²) in [5, 5.41) is 0. The molecule has 0 bridgehead atoms. The highest BCUT2D eigenvalue weighted by molar-refractivity contribution is 5.61. The van der Waals surface area contributed by atoms with Crippen LogP contribution in [0.25, 0.3) is 0 Å². The van der Waals surface area contributed by atoms with Crippen LogP contribution in [0, 0.1) is 0 Å². The highest BCUT2D eigenvalue weighted by atomic mass is 16.5. The van der Waals surface area contributed by atoms with E-state index in [9.17, 15) is 0 Å². The maximum atomic E-state index is 6.91. The van der Waals surface area contributed by atoms with Gasteiger partial charge < -0.3 is 23.7 Å². The van der Waals surface area contributed by atoms with Gasteiger partial charge in [0.05, 0.1) is 28.4 Å². The van der Waals surface area contributed by atoms with Crippen molar-refractivity contribution < 1.29 is 23.7 Å². The third-order valence-electron chi connectivity index (χ3n) is 7.59. The Hall–Kier alpha value is -4.12. The standard InChI is InChI=1S/C34H36O5/c1-35-29-19-16-25(21-31(29)37-3)28-20-18-27-30(36-2)22-32(38-4)33(34(27)39-28)26(24-13-9-6-10-14-24)17-15-23-11-7-5-8-12-23/h5-14,16,19,21-22,26,28H,15,17-18,20H2,1-4H3/t26-,28+/m1/s1. The van der Waals surface area contributed by atoms with Gasteiger partial charge in [0.2, 0.25) is 0 Å². The smallest absolute Gasteiger partial charge is 0.161 e. The van der Waals surface area contributed by atoms with Crippen LogP contribution in [-0.4, -0.2) is 28.4 Å². The highest BCUT2D eigenvalue weighted by Gasteiger charge is 2.33. The summed E-state index contributed by atoms with van der Waals surface area (Å²) in [6.45, 7) is 0. The first-order chi connectivity index (χ1) is 19.2. The monoisotopic (exact) mass is 524 g/mol. The van der Waals surface area contributed by atoms with E-state index in [2.05, 4.69) is 66.7 Å². The molecule has 5 heteroatoms. The zero-order valence-corrected chi connectivity index (χ0v) is 23.1. The molecule has 0 spiro atoms. The summed E-state index contributed by atoms with van der Waals surface area (Å²) < 4.78 is 29.8. The Labute approximate surface area is 231 Å². The minimum absolute atomic E-state index is 0.0742. The van der Waals surface area contributed by atoms with Crippen LogP contribution < -0.4 is 23.7 Å². The molecule has 4 aromatic carbocycles. The molecule has 5 nitrogen and oxygen atoms in total. The number of ether oxygens (including phenoxy) is 5. The molecule has 1 heterocycles. The second-order valence-corrected chi connectivity index (χ2v) is 9.75. The number of aryl methyl sites for hydroxylation is 1. The van der Waals surface area contributed by atoms with Gasteiger partial charge in [0.15, 0.2) is 11.5 Å². The summed E-state index contributed by atoms with van der Waals surface area (Å²) in [5.74, 6) is 3.90. The maximum Gasteiger partial charge on any atom is 0.161 e. The molecule has 0 aromatic heterocycles. The van der Waals surface area contributed by atoms with Crippen molar-refractivity contribution in [2.75, 3.05) is 28.4 Å². The molecule has 0 unspecified atom stereocenters. The normalized spacial score (nSPS) is 15.0. The lowest BCUT2D eigenvalue weighted by Crippen LogP contribution is -2.19. The van der Waals surface area contributed by atoms with Crippen molar-refractivity contribution in [2.24, 2.45) is 0 Å². The van der Waals surface area contributed by atoms with Gasteiger partial charge in [-0.2, -0.15) is 0 Å². The Balaban J connectivity index is 1.61. The van der Waals surface area contributed by atoms with Crippen molar-refractivity contribution in [3.63, 3.8) is 0 Å². The van der Waals surface area contributed by atoms with E-state index in [1.807, 2.05) is 18.2 Å². The molecule has 4 aromatic rings. The third kappa shape index (κ3) is 5.53. The third-order valence-corrected chi connectivity index (χ3v) is 7.59. The first-order valence-electron chi connectivity index (χ1n) is 13.4. The summed E-state index contributed by atoms with van der Waals surface area (Å²) in [7, 11) is 6.73. The van der Waals surface area contributed by atoms with Crippen LogP contribution in [0.2, 0.25) is 0 Å². The van der Waals surface area contributed by atoms with E-state index in [4.69, 9.17) is 23.7 Å². The van der Waals surface area contributed by atoms with Crippen LogP contribution in [0.3, 0.4) is 0 Å². The summed E-state index contributed by atoms with van der Waals surface area (Å²) in [5.41, 5.74) is 5.75. The van der Waals surface area contributed by atoms with Gasteiger partial charge in [-0.15, -0.1) is 0 Å². The molecule has 0 N–H and O–H groups in total. The quantitative estimate of drug-likeness (QED) is 0.214. The van der Waals surface area contributed by atoms with Gasteiger partial charge in [-0.25, -0.2) is 0 Å². The fourth-order valence-corrected chi connectivity index (χ4v) is 5.61. The van der Waals surface area contributed by atoms with Crippen LogP contribution in [0.1, 0.15) is 52.7 Å². The molecule has 0 radical (unpaired) electrons. The van der Waals surface area contributed by atoms with Crippen molar-refractivity contribution in [2.45, 2.75) is 37.7 Å².